The smallest absolute Gasteiger partial charge is 0.339 e. The molecule has 3 aromatic rings. The average molecular weight is 345 g/mol. The number of nitrogens with zero attached hydrogens (tertiary/aromatic N) is 4. The number of nitrogens with one attached hydrogen (secondary N) is 1. The van der Waals surface area contributed by atoms with Crippen molar-refractivity contribution in [3.8, 4) is 11.4 Å². The Balaban J connectivity index is 1.51. The lowest BCUT2D eigenvalue weighted by atomic mass is 10.2. The van der Waals surface area contributed by atoms with Crippen molar-refractivity contribution in [2.24, 2.45) is 0 Å². The maximum atomic E-state index is 11.6. The van der Waals surface area contributed by atoms with Crippen molar-refractivity contribution in [3.05, 3.63) is 46.7 Å². The first kappa shape index (κ1) is 16.5. The molecule has 0 saturated heterocycles. The fourth-order valence-electron chi connectivity index (χ4n) is 2.28. The van der Waals surface area contributed by atoms with E-state index in [1.54, 1.807) is 16.3 Å². The molecule has 0 bridgehead atoms. The fourth-order valence-corrected chi connectivity index (χ4v) is 3.19. The van der Waals surface area contributed by atoms with Gasteiger partial charge in [0.25, 0.3) is 0 Å². The van der Waals surface area contributed by atoms with Crippen LogP contribution < -0.4 is 5.69 Å². The molecule has 1 N–H and O–H groups in total. The van der Waals surface area contributed by atoms with Crippen LogP contribution in [0.2, 0.25) is 0 Å². The quantitative estimate of drug-likeness (QED) is 0.499. The highest BCUT2D eigenvalue weighted by Gasteiger charge is 2.10. The van der Waals surface area contributed by atoms with Crippen LogP contribution in [0.25, 0.3) is 11.4 Å². The first-order valence-corrected chi connectivity index (χ1v) is 8.92. The van der Waals surface area contributed by atoms with Gasteiger partial charge in [0.2, 0.25) is 11.7 Å². The van der Waals surface area contributed by atoms with Crippen LogP contribution in [0.5, 0.6) is 0 Å². The Hall–Kier alpha value is -2.35. The van der Waals surface area contributed by atoms with E-state index in [4.69, 9.17) is 4.52 Å². The topological polar surface area (TPSA) is 89.6 Å². The van der Waals surface area contributed by atoms with Gasteiger partial charge in [-0.15, -0.1) is 5.10 Å². The summed E-state index contributed by atoms with van der Waals surface area (Å²) >= 11 is 1.56. The molecule has 1 aromatic carbocycles. The van der Waals surface area contributed by atoms with Crippen LogP contribution >= 0.6 is 11.8 Å². The molecule has 0 aliphatic carbocycles. The van der Waals surface area contributed by atoms with E-state index >= 15 is 0 Å². The van der Waals surface area contributed by atoms with Crippen molar-refractivity contribution in [1.82, 2.24) is 24.9 Å². The standard InChI is InChI=1S/C16H19N5O2S/c1-2-10-21-15(22)18-19-16(21)24-11-6-9-13-17-14(20-23-13)12-7-4-3-5-8-12/h3-5,7-8H,2,6,9-11H2,1H3,(H,18,22). The summed E-state index contributed by atoms with van der Waals surface area (Å²) in [6, 6.07) is 9.75. The van der Waals surface area contributed by atoms with Crippen molar-refractivity contribution in [3.63, 3.8) is 0 Å². The summed E-state index contributed by atoms with van der Waals surface area (Å²) in [5, 5.41) is 11.3. The minimum Gasteiger partial charge on any atom is -0.339 e. The highest BCUT2D eigenvalue weighted by atomic mass is 32.2. The number of hydrogen-bond donors (Lipinski definition) is 1. The van der Waals surface area contributed by atoms with Gasteiger partial charge in [-0.1, -0.05) is 54.2 Å². The maximum absolute atomic E-state index is 11.6. The van der Waals surface area contributed by atoms with Crippen LogP contribution in [0.1, 0.15) is 25.7 Å². The molecule has 0 saturated carbocycles. The van der Waals surface area contributed by atoms with Crippen LogP contribution in [0.4, 0.5) is 0 Å². The molecule has 0 atom stereocenters. The number of aromatic amines is 1. The van der Waals surface area contributed by atoms with Crippen LogP contribution in [0.15, 0.2) is 44.8 Å². The number of hydrogen-bond acceptors (Lipinski definition) is 6. The Labute approximate surface area is 143 Å². The second-order valence-corrected chi connectivity index (χ2v) is 6.35. The third kappa shape index (κ3) is 3.94. The monoisotopic (exact) mass is 345 g/mol. The van der Waals surface area contributed by atoms with Crippen LogP contribution in [-0.4, -0.2) is 30.7 Å². The number of rotatable bonds is 8. The Kier molecular flexibility index (Phi) is 5.47. The molecule has 8 heteroatoms. The highest BCUT2D eigenvalue weighted by molar-refractivity contribution is 7.99. The van der Waals surface area contributed by atoms with Gasteiger partial charge >= 0.3 is 5.69 Å². The summed E-state index contributed by atoms with van der Waals surface area (Å²) in [4.78, 5) is 16.0. The number of H-pyrrole nitrogens is 1. The zero-order valence-electron chi connectivity index (χ0n) is 13.4. The summed E-state index contributed by atoms with van der Waals surface area (Å²) < 4.78 is 6.96. The molecule has 24 heavy (non-hydrogen) atoms. The third-order valence-electron chi connectivity index (χ3n) is 3.44. The predicted octanol–water partition coefficient (Wildman–Crippen LogP) is 2.76. The van der Waals surface area contributed by atoms with Crippen molar-refractivity contribution in [2.45, 2.75) is 37.9 Å². The molecule has 0 unspecified atom stereocenters. The summed E-state index contributed by atoms with van der Waals surface area (Å²) in [6.45, 7) is 2.72. The van der Waals surface area contributed by atoms with Crippen molar-refractivity contribution in [1.29, 1.82) is 0 Å². The van der Waals surface area contributed by atoms with Crippen LogP contribution in [0.3, 0.4) is 0 Å². The van der Waals surface area contributed by atoms with Gasteiger partial charge in [0, 0.05) is 24.3 Å². The first-order valence-electron chi connectivity index (χ1n) is 7.94. The minimum absolute atomic E-state index is 0.149. The second-order valence-electron chi connectivity index (χ2n) is 5.29. The molecule has 7 nitrogen and oxygen atoms in total. The van der Waals surface area contributed by atoms with E-state index in [0.29, 0.717) is 24.7 Å². The van der Waals surface area contributed by atoms with Crippen molar-refractivity contribution < 1.29 is 4.52 Å². The van der Waals surface area contributed by atoms with E-state index < -0.39 is 0 Å². The largest absolute Gasteiger partial charge is 0.343 e. The Bertz CT molecular complexity index is 824. The number of benzene rings is 1. The Morgan fingerprint density at radius 2 is 2.12 bits per heavy atom. The van der Waals surface area contributed by atoms with E-state index in [2.05, 4.69) is 20.3 Å². The number of aryl methyl sites for hydroxylation is 1. The number of thioether (sulfide) groups is 1. The van der Waals surface area contributed by atoms with Gasteiger partial charge in [0.1, 0.15) is 0 Å². The Morgan fingerprint density at radius 3 is 2.92 bits per heavy atom. The van der Waals surface area contributed by atoms with Gasteiger partial charge in [0.15, 0.2) is 5.16 Å². The molecular formula is C16H19N5O2S. The SMILES string of the molecule is CCCn1c(SCCCc2nc(-c3ccccc3)no2)n[nH]c1=O. The summed E-state index contributed by atoms with van der Waals surface area (Å²) in [7, 11) is 0. The van der Waals surface area contributed by atoms with E-state index in [9.17, 15) is 4.79 Å². The highest BCUT2D eigenvalue weighted by Crippen LogP contribution is 2.18. The second kappa shape index (κ2) is 7.96. The summed E-state index contributed by atoms with van der Waals surface area (Å²) in [5.74, 6) is 2.07. The van der Waals surface area contributed by atoms with Gasteiger partial charge in [-0.2, -0.15) is 4.98 Å². The molecule has 0 radical (unpaired) electrons. The van der Waals surface area contributed by atoms with Crippen molar-refractivity contribution >= 4 is 11.8 Å². The van der Waals surface area contributed by atoms with Gasteiger partial charge in [0.05, 0.1) is 0 Å². The Morgan fingerprint density at radius 1 is 1.29 bits per heavy atom. The molecule has 3 rings (SSSR count). The van der Waals surface area contributed by atoms with E-state index in [1.807, 2.05) is 37.3 Å². The van der Waals surface area contributed by atoms with Gasteiger partial charge in [-0.05, 0) is 12.8 Å². The lowest BCUT2D eigenvalue weighted by Gasteiger charge is -2.02. The lowest BCUT2D eigenvalue weighted by Crippen LogP contribution is -2.17. The molecule has 126 valence electrons. The van der Waals surface area contributed by atoms with Crippen LogP contribution in [-0.2, 0) is 13.0 Å². The third-order valence-corrected chi connectivity index (χ3v) is 4.50. The van der Waals surface area contributed by atoms with E-state index in [-0.39, 0.29) is 5.69 Å². The minimum atomic E-state index is -0.149. The normalized spacial score (nSPS) is 11.0. The van der Waals surface area contributed by atoms with Crippen LogP contribution in [0, 0.1) is 0 Å². The first-order chi connectivity index (χ1) is 11.8. The molecule has 0 spiro atoms. The molecular weight excluding hydrogens is 326 g/mol. The lowest BCUT2D eigenvalue weighted by molar-refractivity contribution is 0.378. The van der Waals surface area contributed by atoms with E-state index in [0.717, 1.165) is 29.3 Å². The molecule has 0 amide bonds. The van der Waals surface area contributed by atoms with Gasteiger partial charge in [-0.25, -0.2) is 9.89 Å². The molecule has 0 fully saturated rings. The summed E-state index contributed by atoms with van der Waals surface area (Å²) in [5.41, 5.74) is 0.797. The van der Waals surface area contributed by atoms with Crippen molar-refractivity contribution in [2.75, 3.05) is 5.75 Å². The molecule has 2 heterocycles. The number of aromatic nitrogens is 5. The molecule has 0 aliphatic rings. The predicted molar refractivity (Wildman–Crippen MR) is 91.9 cm³/mol. The maximum Gasteiger partial charge on any atom is 0.343 e. The zero-order chi connectivity index (χ0) is 16.8. The zero-order valence-corrected chi connectivity index (χ0v) is 14.3. The molecule has 0 aliphatic heterocycles. The molecule has 2 aromatic heterocycles. The summed E-state index contributed by atoms with van der Waals surface area (Å²) in [6.07, 6.45) is 2.47. The fraction of sp³-hybridized carbons (Fsp3) is 0.375. The van der Waals surface area contributed by atoms with Gasteiger partial charge < -0.3 is 4.52 Å². The van der Waals surface area contributed by atoms with Gasteiger partial charge in [-0.3, -0.25) is 4.57 Å². The van der Waals surface area contributed by atoms with E-state index in [1.165, 1.54) is 0 Å². The average Bonchev–Trinajstić information content (AvgIpc) is 3.21.